The van der Waals surface area contributed by atoms with Gasteiger partial charge in [0.05, 0.1) is 17.6 Å². The minimum atomic E-state index is -4.41. The number of aliphatic hydroxyl groups excluding tert-OH is 1. The quantitative estimate of drug-likeness (QED) is 0.275. The summed E-state index contributed by atoms with van der Waals surface area (Å²) < 4.78 is 56.4. The first-order valence-electron chi connectivity index (χ1n) is 14.0. The van der Waals surface area contributed by atoms with Crippen LogP contribution in [0.2, 0.25) is 0 Å². The zero-order valence-electron chi connectivity index (χ0n) is 25.1. The number of hydrogen-bond donors (Lipinski definition) is 4. The summed E-state index contributed by atoms with van der Waals surface area (Å²) in [6, 6.07) is 16.5. The van der Waals surface area contributed by atoms with Gasteiger partial charge >= 0.3 is 0 Å². The van der Waals surface area contributed by atoms with Crippen LogP contribution in [0.3, 0.4) is 0 Å². The lowest BCUT2D eigenvalue weighted by molar-refractivity contribution is -0.122. The molecule has 0 bridgehead atoms. The Labute approximate surface area is 257 Å². The number of amidine groups is 1. The normalized spacial score (nSPS) is 19.5. The maximum absolute atomic E-state index is 14.8. The van der Waals surface area contributed by atoms with Gasteiger partial charge in [-0.25, -0.2) is 8.42 Å². The Balaban J connectivity index is 1.64. The van der Waals surface area contributed by atoms with Gasteiger partial charge in [0.25, 0.3) is 10.0 Å². The van der Waals surface area contributed by atoms with Crippen LogP contribution in [0.4, 0.5) is 11.4 Å². The van der Waals surface area contributed by atoms with Crippen molar-refractivity contribution >= 4 is 48.8 Å². The first-order chi connectivity index (χ1) is 20.5. The summed E-state index contributed by atoms with van der Waals surface area (Å²) in [5.74, 6) is -1.26. The van der Waals surface area contributed by atoms with E-state index >= 15 is 0 Å². The summed E-state index contributed by atoms with van der Waals surface area (Å²) in [7, 11) is -8.08. The number of aromatic nitrogens is 1. The number of carbonyl (C=O) groups is 1. The zero-order chi connectivity index (χ0) is 32.1. The van der Waals surface area contributed by atoms with E-state index in [9.17, 15) is 26.7 Å². The molecule has 2 aliphatic rings. The van der Waals surface area contributed by atoms with Gasteiger partial charge in [0.2, 0.25) is 10.0 Å². The van der Waals surface area contributed by atoms with Crippen LogP contribution in [0.15, 0.2) is 75.5 Å². The Morgan fingerprint density at radius 3 is 2.45 bits per heavy atom. The fraction of sp³-hybridized carbons (Fsp3) is 0.323. The number of rotatable bonds is 8. The minimum Gasteiger partial charge on any atom is -0.506 e. The molecule has 0 amide bonds. The lowest BCUT2D eigenvalue weighted by Gasteiger charge is -2.41. The van der Waals surface area contributed by atoms with E-state index < -0.39 is 37.1 Å². The number of benzene rings is 2. The number of fused-ring (bicyclic) bond motifs is 2. The molecule has 3 aromatic rings. The van der Waals surface area contributed by atoms with Crippen molar-refractivity contribution in [2.24, 2.45) is 9.81 Å². The predicted octanol–water partition coefficient (Wildman–Crippen LogP) is 4.64. The van der Waals surface area contributed by atoms with Crippen molar-refractivity contribution < 1.29 is 26.7 Å². The number of nitrogens with one attached hydrogen (secondary N) is 3. The van der Waals surface area contributed by atoms with Gasteiger partial charge in [-0.05, 0) is 61.1 Å². The molecule has 1 aliphatic carbocycles. The maximum Gasteiger partial charge on any atom is 0.286 e. The van der Waals surface area contributed by atoms with E-state index in [0.29, 0.717) is 29.7 Å². The van der Waals surface area contributed by atoms with Gasteiger partial charge in [-0.2, -0.15) is 8.42 Å². The Hall–Kier alpha value is -4.07. The summed E-state index contributed by atoms with van der Waals surface area (Å²) in [4.78, 5) is 19.1. The van der Waals surface area contributed by atoms with Crippen molar-refractivity contribution in [1.29, 1.82) is 0 Å². The van der Waals surface area contributed by atoms with Crippen LogP contribution in [0.5, 0.6) is 0 Å². The van der Waals surface area contributed by atoms with E-state index in [1.165, 1.54) is 12.1 Å². The number of sulfonamides is 2. The van der Waals surface area contributed by atoms with E-state index in [2.05, 4.69) is 45.5 Å². The van der Waals surface area contributed by atoms with Crippen molar-refractivity contribution in [3.63, 3.8) is 0 Å². The largest absolute Gasteiger partial charge is 0.506 e. The van der Waals surface area contributed by atoms with E-state index in [1.807, 2.05) is 25.1 Å². The number of pyridine rings is 1. The van der Waals surface area contributed by atoms with Gasteiger partial charge in [0, 0.05) is 23.5 Å². The van der Waals surface area contributed by atoms with Gasteiger partial charge in [-0.3, -0.25) is 19.8 Å². The zero-order valence-corrected chi connectivity index (χ0v) is 26.7. The van der Waals surface area contributed by atoms with Gasteiger partial charge in [-0.1, -0.05) is 51.1 Å². The maximum atomic E-state index is 14.8. The Morgan fingerprint density at radius 2 is 1.77 bits per heavy atom. The van der Waals surface area contributed by atoms with Crippen molar-refractivity contribution in [3.05, 3.63) is 88.8 Å². The predicted molar refractivity (Wildman–Crippen MR) is 170 cm³/mol. The number of aliphatic hydroxyl groups is 1. The standard InChI is InChI=1S/C31H35N5O6S2/c1-19-9-8-10-21(33-19)18-32-31(16-15-30(2,3)4)23-12-7-6-11-22(23)27(37)26(28(31)38)29-34-24-14-13-20(35-43(5,39)40)17-25(24)44(41,42)36-29/h6-14,17,32,35,37H,15-16,18H2,1-5H3,(H,34,36). The second kappa shape index (κ2) is 11.1. The molecule has 232 valence electrons. The third-order valence-corrected chi connectivity index (χ3v) is 9.45. The summed E-state index contributed by atoms with van der Waals surface area (Å²) in [5.41, 5.74) is 0.822. The Kier molecular flexibility index (Phi) is 7.93. The number of anilines is 2. The molecule has 1 aliphatic heterocycles. The van der Waals surface area contributed by atoms with E-state index in [-0.39, 0.29) is 39.6 Å². The van der Waals surface area contributed by atoms with Crippen molar-refractivity contribution in [2.45, 2.75) is 57.5 Å². The third-order valence-electron chi connectivity index (χ3n) is 7.52. The number of ketones is 1. The molecule has 4 N–H and O–H groups in total. The van der Waals surface area contributed by atoms with Crippen LogP contribution in [0, 0.1) is 12.3 Å². The summed E-state index contributed by atoms with van der Waals surface area (Å²) in [6.45, 7) is 8.32. The summed E-state index contributed by atoms with van der Waals surface area (Å²) in [5, 5.41) is 17.9. The van der Waals surface area contributed by atoms with Gasteiger partial charge < -0.3 is 10.4 Å². The molecule has 2 heterocycles. The monoisotopic (exact) mass is 637 g/mol. The molecule has 11 nitrogen and oxygen atoms in total. The topological polar surface area (TPSA) is 167 Å². The molecule has 0 radical (unpaired) electrons. The number of hydrogen-bond acceptors (Lipinski definition) is 9. The molecule has 1 aromatic heterocycles. The Bertz CT molecular complexity index is 1950. The molecule has 44 heavy (non-hydrogen) atoms. The molecular formula is C31H35N5O6S2. The first kappa shape index (κ1) is 31.4. The first-order valence-corrected chi connectivity index (χ1v) is 17.3. The molecule has 0 fully saturated rings. The highest BCUT2D eigenvalue weighted by Crippen LogP contribution is 2.44. The lowest BCUT2D eigenvalue weighted by atomic mass is 9.69. The lowest BCUT2D eigenvalue weighted by Crippen LogP contribution is -2.54. The van der Waals surface area contributed by atoms with Crippen molar-refractivity contribution in [1.82, 2.24) is 10.3 Å². The number of carbonyl (C=O) groups excluding carboxylic acids is 1. The molecule has 1 atom stereocenters. The molecule has 0 spiro atoms. The summed E-state index contributed by atoms with van der Waals surface area (Å²) >= 11 is 0. The van der Waals surface area contributed by atoms with Gasteiger partial charge in [0.1, 0.15) is 21.8 Å². The van der Waals surface area contributed by atoms with Crippen LogP contribution in [0.25, 0.3) is 5.76 Å². The third kappa shape index (κ3) is 6.26. The number of nitrogens with zero attached hydrogens (tertiary/aromatic N) is 2. The second-order valence-electron chi connectivity index (χ2n) is 12.3. The molecule has 0 saturated heterocycles. The number of aryl methyl sites for hydroxylation is 1. The van der Waals surface area contributed by atoms with E-state index in [4.69, 9.17) is 0 Å². The van der Waals surface area contributed by atoms with Crippen LogP contribution in [0.1, 0.15) is 56.1 Å². The van der Waals surface area contributed by atoms with Crippen molar-refractivity contribution in [3.8, 4) is 0 Å². The highest BCUT2D eigenvalue weighted by molar-refractivity contribution is 7.92. The highest BCUT2D eigenvalue weighted by atomic mass is 32.2. The van der Waals surface area contributed by atoms with Crippen LogP contribution in [-0.2, 0) is 36.9 Å². The smallest absolute Gasteiger partial charge is 0.286 e. The molecule has 2 aromatic carbocycles. The fourth-order valence-corrected chi connectivity index (χ4v) is 7.12. The van der Waals surface area contributed by atoms with Gasteiger partial charge in [0.15, 0.2) is 11.6 Å². The average Bonchev–Trinajstić information content (AvgIpc) is 2.92. The average molecular weight is 638 g/mol. The Morgan fingerprint density at radius 1 is 1.05 bits per heavy atom. The van der Waals surface area contributed by atoms with Crippen LogP contribution < -0.4 is 15.4 Å². The second-order valence-corrected chi connectivity index (χ2v) is 15.6. The molecule has 13 heteroatoms. The molecule has 0 saturated carbocycles. The summed E-state index contributed by atoms with van der Waals surface area (Å²) in [6.07, 6.45) is 1.91. The highest BCUT2D eigenvalue weighted by Gasteiger charge is 2.49. The van der Waals surface area contributed by atoms with Crippen molar-refractivity contribution in [2.75, 3.05) is 16.3 Å². The van der Waals surface area contributed by atoms with Gasteiger partial charge in [-0.15, -0.1) is 4.40 Å². The molecule has 5 rings (SSSR count). The van der Waals surface area contributed by atoms with Crippen LogP contribution >= 0.6 is 0 Å². The number of Topliss-reactive ketones (excluding diaryl/α,β-unsaturated/α-hetero) is 1. The van der Waals surface area contributed by atoms with E-state index in [0.717, 1.165) is 18.0 Å². The fourth-order valence-electron chi connectivity index (χ4n) is 5.42. The molecule has 1 unspecified atom stereocenters. The SMILES string of the molecule is Cc1cccc(CNC2(CCC(C)(C)C)C(=O)C(C3=NS(=O)(=O)c4cc(NS(C)(=O)=O)ccc4N3)=C(O)c3ccccc32)n1. The van der Waals surface area contributed by atoms with E-state index in [1.54, 1.807) is 24.3 Å². The minimum absolute atomic E-state index is 0.0372. The van der Waals surface area contributed by atoms with Crippen LogP contribution in [-0.4, -0.2) is 44.8 Å². The molecular weight excluding hydrogens is 603 g/mol.